The van der Waals surface area contributed by atoms with E-state index < -0.39 is 4.92 Å². The van der Waals surface area contributed by atoms with Gasteiger partial charge >= 0.3 is 0 Å². The van der Waals surface area contributed by atoms with Crippen molar-refractivity contribution in [3.05, 3.63) is 63.7 Å². The standard InChI is InChI=1S/C22H28N4O4/c1-22(2,3)25-21(24-15-17-4-7-18(8-5-17)26(27)28)23-11-10-16-6-9-19-20(14-16)30-13-12-29-19/h4-9,14H,10-13,15H2,1-3H3,(H2,23,24,25). The molecule has 8 heteroatoms. The van der Waals surface area contributed by atoms with Gasteiger partial charge in [-0.1, -0.05) is 18.2 Å². The number of fused-ring (bicyclic) bond motifs is 1. The summed E-state index contributed by atoms with van der Waals surface area (Å²) in [6.07, 6.45) is 0.805. The van der Waals surface area contributed by atoms with Gasteiger partial charge in [-0.15, -0.1) is 0 Å². The van der Waals surface area contributed by atoms with E-state index in [1.54, 1.807) is 12.1 Å². The molecule has 3 rings (SSSR count). The van der Waals surface area contributed by atoms with Crippen molar-refractivity contribution in [2.75, 3.05) is 19.8 Å². The van der Waals surface area contributed by atoms with Crippen molar-refractivity contribution >= 4 is 11.6 Å². The Hall–Kier alpha value is -3.29. The van der Waals surface area contributed by atoms with Gasteiger partial charge in [0.05, 0.1) is 11.5 Å². The maximum absolute atomic E-state index is 10.8. The number of rotatable bonds is 6. The Kier molecular flexibility index (Phi) is 6.76. The van der Waals surface area contributed by atoms with E-state index in [0.717, 1.165) is 29.0 Å². The van der Waals surface area contributed by atoms with E-state index in [1.807, 2.05) is 18.2 Å². The number of hydrogen-bond acceptors (Lipinski definition) is 5. The fraction of sp³-hybridized carbons (Fsp3) is 0.409. The Balaban J connectivity index is 1.60. The fourth-order valence-corrected chi connectivity index (χ4v) is 2.96. The largest absolute Gasteiger partial charge is 0.486 e. The minimum atomic E-state index is -0.404. The number of ether oxygens (including phenoxy) is 2. The molecule has 0 saturated carbocycles. The van der Waals surface area contributed by atoms with Crippen LogP contribution < -0.4 is 20.1 Å². The summed E-state index contributed by atoms with van der Waals surface area (Å²) in [7, 11) is 0. The molecule has 0 saturated heterocycles. The first kappa shape index (κ1) is 21.4. The predicted octanol–water partition coefficient (Wildman–Crippen LogP) is 3.44. The van der Waals surface area contributed by atoms with E-state index in [-0.39, 0.29) is 11.2 Å². The SMILES string of the molecule is CC(C)(C)NC(=NCc1ccc([N+](=O)[O-])cc1)NCCc1ccc2c(c1)OCCO2. The van der Waals surface area contributed by atoms with Crippen molar-refractivity contribution in [2.45, 2.75) is 39.3 Å². The van der Waals surface area contributed by atoms with Crippen LogP contribution in [-0.4, -0.2) is 36.2 Å². The highest BCUT2D eigenvalue weighted by Crippen LogP contribution is 2.30. The molecule has 2 aromatic rings. The highest BCUT2D eigenvalue weighted by molar-refractivity contribution is 5.80. The monoisotopic (exact) mass is 412 g/mol. The summed E-state index contributed by atoms with van der Waals surface area (Å²) < 4.78 is 11.2. The highest BCUT2D eigenvalue weighted by Gasteiger charge is 2.14. The molecule has 8 nitrogen and oxygen atoms in total. The first-order valence-corrected chi connectivity index (χ1v) is 9.98. The summed E-state index contributed by atoms with van der Waals surface area (Å²) in [6.45, 7) is 8.48. The van der Waals surface area contributed by atoms with Crippen LogP contribution in [0.4, 0.5) is 5.69 Å². The summed E-state index contributed by atoms with van der Waals surface area (Å²) in [6, 6.07) is 12.5. The van der Waals surface area contributed by atoms with Crippen LogP contribution in [0.1, 0.15) is 31.9 Å². The van der Waals surface area contributed by atoms with Gasteiger partial charge in [-0.25, -0.2) is 4.99 Å². The summed E-state index contributed by atoms with van der Waals surface area (Å²) in [4.78, 5) is 15.0. The summed E-state index contributed by atoms with van der Waals surface area (Å²) in [5.74, 6) is 2.27. The van der Waals surface area contributed by atoms with Crippen molar-refractivity contribution in [2.24, 2.45) is 4.99 Å². The van der Waals surface area contributed by atoms with Gasteiger partial charge in [0.2, 0.25) is 0 Å². The van der Waals surface area contributed by atoms with E-state index in [4.69, 9.17) is 9.47 Å². The van der Waals surface area contributed by atoms with E-state index >= 15 is 0 Å². The molecule has 0 aromatic heterocycles. The molecule has 1 aliphatic heterocycles. The molecule has 0 atom stereocenters. The molecule has 1 aliphatic rings. The molecule has 0 spiro atoms. The lowest BCUT2D eigenvalue weighted by Crippen LogP contribution is -2.48. The lowest BCUT2D eigenvalue weighted by atomic mass is 10.1. The second-order valence-electron chi connectivity index (χ2n) is 8.12. The van der Waals surface area contributed by atoms with Crippen LogP contribution in [0.5, 0.6) is 11.5 Å². The first-order valence-electron chi connectivity index (χ1n) is 9.98. The van der Waals surface area contributed by atoms with E-state index in [2.05, 4.69) is 36.4 Å². The second-order valence-corrected chi connectivity index (χ2v) is 8.12. The molecule has 2 aromatic carbocycles. The number of hydrogen-bond donors (Lipinski definition) is 2. The van der Waals surface area contributed by atoms with Gasteiger partial charge in [0.15, 0.2) is 17.5 Å². The minimum absolute atomic E-state index is 0.0772. The summed E-state index contributed by atoms with van der Waals surface area (Å²) >= 11 is 0. The zero-order valence-electron chi connectivity index (χ0n) is 17.6. The third-order valence-corrected chi connectivity index (χ3v) is 4.37. The molecule has 30 heavy (non-hydrogen) atoms. The zero-order chi connectivity index (χ0) is 21.6. The highest BCUT2D eigenvalue weighted by atomic mass is 16.6. The van der Waals surface area contributed by atoms with Crippen LogP contribution in [-0.2, 0) is 13.0 Å². The van der Waals surface area contributed by atoms with Crippen molar-refractivity contribution in [1.82, 2.24) is 10.6 Å². The van der Waals surface area contributed by atoms with Gasteiger partial charge < -0.3 is 20.1 Å². The Morgan fingerprint density at radius 2 is 1.73 bits per heavy atom. The van der Waals surface area contributed by atoms with Gasteiger partial charge in [0.25, 0.3) is 5.69 Å². The van der Waals surface area contributed by atoms with Crippen molar-refractivity contribution in [3.63, 3.8) is 0 Å². The van der Waals surface area contributed by atoms with Crippen LogP contribution in [0.3, 0.4) is 0 Å². The summed E-state index contributed by atoms with van der Waals surface area (Å²) in [5, 5.41) is 17.5. The van der Waals surface area contributed by atoms with Crippen LogP contribution in [0.25, 0.3) is 0 Å². The maximum atomic E-state index is 10.8. The van der Waals surface area contributed by atoms with Gasteiger partial charge in [0.1, 0.15) is 13.2 Å². The van der Waals surface area contributed by atoms with Crippen LogP contribution >= 0.6 is 0 Å². The van der Waals surface area contributed by atoms with Crippen molar-refractivity contribution < 1.29 is 14.4 Å². The zero-order valence-corrected chi connectivity index (χ0v) is 17.6. The smallest absolute Gasteiger partial charge is 0.269 e. The molecule has 160 valence electrons. The van der Waals surface area contributed by atoms with Gasteiger partial charge in [-0.3, -0.25) is 10.1 Å². The predicted molar refractivity (Wildman–Crippen MR) is 116 cm³/mol. The third-order valence-electron chi connectivity index (χ3n) is 4.37. The fourth-order valence-electron chi connectivity index (χ4n) is 2.96. The van der Waals surface area contributed by atoms with Crippen molar-refractivity contribution in [1.29, 1.82) is 0 Å². The number of non-ortho nitro benzene ring substituents is 1. The molecule has 0 aliphatic carbocycles. The summed E-state index contributed by atoms with van der Waals surface area (Å²) in [5.41, 5.74) is 1.98. The van der Waals surface area contributed by atoms with Gasteiger partial charge in [-0.05, 0) is 50.5 Å². The van der Waals surface area contributed by atoms with Crippen LogP contribution in [0.15, 0.2) is 47.5 Å². The van der Waals surface area contributed by atoms with E-state index in [9.17, 15) is 10.1 Å². The number of nitro benzene ring substituents is 1. The Morgan fingerprint density at radius 3 is 2.40 bits per heavy atom. The van der Waals surface area contributed by atoms with E-state index in [1.165, 1.54) is 12.1 Å². The second kappa shape index (κ2) is 9.47. The van der Waals surface area contributed by atoms with Crippen LogP contribution in [0.2, 0.25) is 0 Å². The number of aliphatic imine (C=N–C) groups is 1. The van der Waals surface area contributed by atoms with Crippen LogP contribution in [0, 0.1) is 10.1 Å². The maximum Gasteiger partial charge on any atom is 0.269 e. The molecule has 0 bridgehead atoms. The normalized spacial score (nSPS) is 13.6. The molecule has 0 amide bonds. The third kappa shape index (κ3) is 6.37. The van der Waals surface area contributed by atoms with E-state index in [0.29, 0.717) is 32.3 Å². The molecule has 0 radical (unpaired) electrons. The number of nitrogens with zero attached hydrogens (tertiary/aromatic N) is 2. The lowest BCUT2D eigenvalue weighted by molar-refractivity contribution is -0.384. The molecule has 2 N–H and O–H groups in total. The molecule has 0 fully saturated rings. The quantitative estimate of drug-likeness (QED) is 0.326. The Bertz CT molecular complexity index is 904. The molecular formula is C22H28N4O4. The Labute approximate surface area is 176 Å². The number of nitrogens with one attached hydrogen (secondary N) is 2. The molecule has 0 unspecified atom stereocenters. The Morgan fingerprint density at radius 1 is 1.07 bits per heavy atom. The number of guanidine groups is 1. The topological polar surface area (TPSA) is 98.0 Å². The first-order chi connectivity index (χ1) is 14.3. The molecule has 1 heterocycles. The minimum Gasteiger partial charge on any atom is -0.486 e. The average molecular weight is 412 g/mol. The number of nitro groups is 1. The van der Waals surface area contributed by atoms with Gasteiger partial charge in [-0.2, -0.15) is 0 Å². The van der Waals surface area contributed by atoms with Gasteiger partial charge in [0, 0.05) is 24.2 Å². The molecular weight excluding hydrogens is 384 g/mol. The average Bonchev–Trinajstić information content (AvgIpc) is 2.71. The number of benzene rings is 2. The lowest BCUT2D eigenvalue weighted by Gasteiger charge is -2.24. The van der Waals surface area contributed by atoms with Crippen molar-refractivity contribution in [3.8, 4) is 11.5 Å².